The number of hydrogen-bond acceptors (Lipinski definition) is 5. The van der Waals surface area contributed by atoms with Crippen molar-refractivity contribution >= 4 is 12.0 Å². The van der Waals surface area contributed by atoms with Crippen molar-refractivity contribution in [3.63, 3.8) is 0 Å². The van der Waals surface area contributed by atoms with E-state index in [1.807, 2.05) is 19.1 Å². The van der Waals surface area contributed by atoms with Gasteiger partial charge in [0.05, 0.1) is 18.2 Å². The molecule has 6 heteroatoms. The molecule has 0 aromatic carbocycles. The molecule has 1 fully saturated rings. The highest BCUT2D eigenvalue weighted by Gasteiger charge is 2.23. The van der Waals surface area contributed by atoms with E-state index in [0.717, 1.165) is 37.5 Å². The number of rotatable bonds is 6. The maximum atomic E-state index is 12.1. The lowest BCUT2D eigenvalue weighted by Crippen LogP contribution is -2.31. The van der Waals surface area contributed by atoms with Gasteiger partial charge in [-0.1, -0.05) is 5.57 Å². The number of nitrogens with one attached hydrogen (secondary N) is 1. The number of hydrogen-bond donors (Lipinski definition) is 1. The molecule has 0 spiro atoms. The number of nitrogens with zero attached hydrogens (tertiary/aromatic N) is 3. The summed E-state index contributed by atoms with van der Waals surface area (Å²) in [5.41, 5.74) is 2.45. The van der Waals surface area contributed by atoms with Crippen molar-refractivity contribution in [3.8, 4) is 0 Å². The lowest BCUT2D eigenvalue weighted by molar-refractivity contribution is 0.0942. The third-order valence-electron chi connectivity index (χ3n) is 4.34. The number of furan rings is 1. The lowest BCUT2D eigenvalue weighted by atomic mass is 10.1. The Bertz CT molecular complexity index is 722. The van der Waals surface area contributed by atoms with Gasteiger partial charge in [0.15, 0.2) is 0 Å². The van der Waals surface area contributed by atoms with Gasteiger partial charge in [-0.05, 0) is 50.9 Å². The summed E-state index contributed by atoms with van der Waals surface area (Å²) in [6.07, 6.45) is 7.99. The van der Waals surface area contributed by atoms with E-state index in [1.54, 1.807) is 12.5 Å². The first-order valence-corrected chi connectivity index (χ1v) is 8.60. The molecule has 2 aromatic rings. The molecular weight excluding hydrogens is 316 g/mol. The van der Waals surface area contributed by atoms with Crippen molar-refractivity contribution in [1.82, 2.24) is 20.2 Å². The maximum absolute atomic E-state index is 12.1. The molecule has 1 aliphatic heterocycles. The topological polar surface area (TPSA) is 71.3 Å². The molecule has 1 saturated heterocycles. The summed E-state index contributed by atoms with van der Waals surface area (Å²) >= 11 is 0. The van der Waals surface area contributed by atoms with Gasteiger partial charge in [0.1, 0.15) is 11.5 Å². The predicted octanol–water partition coefficient (Wildman–Crippen LogP) is 2.53. The van der Waals surface area contributed by atoms with Crippen LogP contribution in [0.5, 0.6) is 0 Å². The van der Waals surface area contributed by atoms with Crippen LogP contribution < -0.4 is 5.32 Å². The molecule has 0 unspecified atom stereocenters. The number of carbonyl (C=O) groups excluding carboxylic acids is 1. The van der Waals surface area contributed by atoms with Crippen LogP contribution in [0.25, 0.3) is 6.08 Å². The second-order valence-electron chi connectivity index (χ2n) is 6.65. The lowest BCUT2D eigenvalue weighted by Gasteiger charge is -2.16. The summed E-state index contributed by atoms with van der Waals surface area (Å²) < 4.78 is 5.35. The van der Waals surface area contributed by atoms with E-state index in [0.29, 0.717) is 18.2 Å². The van der Waals surface area contributed by atoms with E-state index in [1.165, 1.54) is 11.8 Å². The van der Waals surface area contributed by atoms with Crippen LogP contribution in [-0.4, -0.2) is 47.0 Å². The fourth-order valence-electron chi connectivity index (χ4n) is 3.08. The summed E-state index contributed by atoms with van der Waals surface area (Å²) in [6.45, 7) is 7.61. The van der Waals surface area contributed by atoms with Crippen LogP contribution in [-0.2, 0) is 0 Å². The minimum absolute atomic E-state index is 0.153. The normalized spacial score (nSPS) is 18.5. The number of amides is 1. The molecule has 1 atom stereocenters. The van der Waals surface area contributed by atoms with Gasteiger partial charge in [-0.2, -0.15) is 0 Å². The molecule has 0 saturated carbocycles. The smallest absolute Gasteiger partial charge is 0.271 e. The van der Waals surface area contributed by atoms with Crippen molar-refractivity contribution in [1.29, 1.82) is 0 Å². The summed E-state index contributed by atoms with van der Waals surface area (Å²) in [6, 6.07) is 3.85. The van der Waals surface area contributed by atoms with E-state index < -0.39 is 0 Å². The zero-order valence-corrected chi connectivity index (χ0v) is 14.7. The number of carbonyl (C=O) groups is 1. The molecule has 3 heterocycles. The minimum atomic E-state index is -0.153. The second kappa shape index (κ2) is 8.07. The van der Waals surface area contributed by atoms with E-state index >= 15 is 0 Å². The van der Waals surface area contributed by atoms with Crippen LogP contribution in [0, 0.1) is 12.8 Å². The quantitative estimate of drug-likeness (QED) is 0.875. The average molecular weight is 340 g/mol. The van der Waals surface area contributed by atoms with Gasteiger partial charge < -0.3 is 9.73 Å². The fraction of sp³-hybridized carbons (Fsp3) is 0.421. The summed E-state index contributed by atoms with van der Waals surface area (Å²) in [5, 5.41) is 2.97. The van der Waals surface area contributed by atoms with Gasteiger partial charge in [-0.15, -0.1) is 0 Å². The Morgan fingerprint density at radius 1 is 1.44 bits per heavy atom. The van der Waals surface area contributed by atoms with Gasteiger partial charge in [0.25, 0.3) is 5.91 Å². The van der Waals surface area contributed by atoms with Crippen LogP contribution in [0.4, 0.5) is 0 Å². The van der Waals surface area contributed by atoms with Crippen molar-refractivity contribution in [2.45, 2.75) is 20.3 Å². The van der Waals surface area contributed by atoms with Crippen molar-refractivity contribution in [2.75, 3.05) is 26.2 Å². The Morgan fingerprint density at radius 3 is 3.04 bits per heavy atom. The number of likely N-dealkylation sites (tertiary alicyclic amines) is 1. The molecule has 0 bridgehead atoms. The van der Waals surface area contributed by atoms with E-state index in [2.05, 4.69) is 33.2 Å². The predicted molar refractivity (Wildman–Crippen MR) is 96.0 cm³/mol. The molecule has 1 N–H and O–H groups in total. The van der Waals surface area contributed by atoms with Crippen molar-refractivity contribution < 1.29 is 9.21 Å². The monoisotopic (exact) mass is 340 g/mol. The molecule has 132 valence electrons. The zero-order chi connectivity index (χ0) is 17.6. The molecule has 1 amide bonds. The Kier molecular flexibility index (Phi) is 5.60. The van der Waals surface area contributed by atoms with E-state index in [4.69, 9.17) is 4.42 Å². The van der Waals surface area contributed by atoms with Gasteiger partial charge in [-0.3, -0.25) is 14.7 Å². The second-order valence-corrected chi connectivity index (χ2v) is 6.65. The van der Waals surface area contributed by atoms with Crippen LogP contribution in [0.3, 0.4) is 0 Å². The average Bonchev–Trinajstić information content (AvgIpc) is 3.25. The van der Waals surface area contributed by atoms with Gasteiger partial charge in [-0.25, -0.2) is 4.98 Å². The van der Waals surface area contributed by atoms with Crippen LogP contribution in [0.2, 0.25) is 0 Å². The first kappa shape index (κ1) is 17.4. The van der Waals surface area contributed by atoms with E-state index in [-0.39, 0.29) is 5.91 Å². The Balaban J connectivity index is 1.43. The Labute approximate surface area is 148 Å². The molecule has 0 aliphatic carbocycles. The maximum Gasteiger partial charge on any atom is 0.271 e. The van der Waals surface area contributed by atoms with Crippen LogP contribution in [0.1, 0.15) is 35.3 Å². The standard InChI is InChI=1S/C19H24N4O2/c1-14(8-17-4-3-7-25-17)12-23-6-5-16(13-23)10-22-19(24)18-11-20-15(2)9-21-18/h3-4,7-9,11,16H,5-6,10,12-13H2,1-2H3,(H,22,24)/b14-8+/t16-/m1/s1. The summed E-state index contributed by atoms with van der Waals surface area (Å²) in [5.74, 6) is 1.21. The minimum Gasteiger partial charge on any atom is -0.465 e. The van der Waals surface area contributed by atoms with Gasteiger partial charge >= 0.3 is 0 Å². The van der Waals surface area contributed by atoms with Crippen LogP contribution >= 0.6 is 0 Å². The highest BCUT2D eigenvalue weighted by atomic mass is 16.3. The zero-order valence-electron chi connectivity index (χ0n) is 14.7. The SMILES string of the molecule is C/C(=C\c1ccco1)CN1CC[C@H](CNC(=O)c2cnc(C)cn2)C1. The third-order valence-corrected chi connectivity index (χ3v) is 4.34. The Hall–Kier alpha value is -2.47. The number of aromatic nitrogens is 2. The highest BCUT2D eigenvalue weighted by Crippen LogP contribution is 2.18. The largest absolute Gasteiger partial charge is 0.465 e. The first-order valence-electron chi connectivity index (χ1n) is 8.60. The van der Waals surface area contributed by atoms with Crippen molar-refractivity contribution in [2.24, 2.45) is 5.92 Å². The Morgan fingerprint density at radius 2 is 2.32 bits per heavy atom. The molecular formula is C19H24N4O2. The van der Waals surface area contributed by atoms with E-state index in [9.17, 15) is 4.79 Å². The summed E-state index contributed by atoms with van der Waals surface area (Å²) in [4.78, 5) is 22.7. The first-order chi connectivity index (χ1) is 12.1. The molecule has 1 aliphatic rings. The number of aryl methyl sites for hydroxylation is 1. The molecule has 2 aromatic heterocycles. The molecule has 25 heavy (non-hydrogen) atoms. The summed E-state index contributed by atoms with van der Waals surface area (Å²) in [7, 11) is 0. The molecule has 3 rings (SSSR count). The van der Waals surface area contributed by atoms with Gasteiger partial charge in [0.2, 0.25) is 0 Å². The van der Waals surface area contributed by atoms with Gasteiger partial charge in [0, 0.05) is 25.8 Å². The fourth-order valence-corrected chi connectivity index (χ4v) is 3.08. The van der Waals surface area contributed by atoms with Crippen LogP contribution in [0.15, 0.2) is 40.8 Å². The molecule has 6 nitrogen and oxygen atoms in total. The van der Waals surface area contributed by atoms with Crippen molar-refractivity contribution in [3.05, 3.63) is 53.5 Å². The molecule has 0 radical (unpaired) electrons. The third kappa shape index (κ3) is 5.00. The highest BCUT2D eigenvalue weighted by molar-refractivity contribution is 5.91.